The smallest absolute Gasteiger partial charge is 0.124 e. The Balaban J connectivity index is 0.00000133. The first-order chi connectivity index (χ1) is 8.92. The number of thiophene rings is 1. The van der Waals surface area contributed by atoms with Crippen LogP contribution in [0.5, 0.6) is 0 Å². The van der Waals surface area contributed by atoms with E-state index >= 15 is 0 Å². The molecule has 104 valence electrons. The Morgan fingerprint density at radius 2 is 2.21 bits per heavy atom. The van der Waals surface area contributed by atoms with Crippen LogP contribution in [0.15, 0.2) is 22.2 Å². The molecule has 0 aliphatic carbocycles. The van der Waals surface area contributed by atoms with E-state index in [1.54, 1.807) is 22.7 Å². The van der Waals surface area contributed by atoms with Crippen LogP contribution in [0.4, 0.5) is 0 Å². The van der Waals surface area contributed by atoms with E-state index in [1.807, 2.05) is 0 Å². The van der Waals surface area contributed by atoms with Gasteiger partial charge in [0.15, 0.2) is 0 Å². The Hall–Kier alpha value is -0.460. The standard InChI is InChI=1S/C13H17N3S2.ClH/c1-3-14-4-6-16(5-1)8-12-10-18-13(15-12)11-2-7-17-9-11;/h2,7,9-10,14H,1,3-6,8H2;1H. The predicted molar refractivity (Wildman–Crippen MR) is 85.4 cm³/mol. The van der Waals surface area contributed by atoms with E-state index in [1.165, 1.54) is 24.2 Å². The van der Waals surface area contributed by atoms with Gasteiger partial charge >= 0.3 is 0 Å². The van der Waals surface area contributed by atoms with Gasteiger partial charge < -0.3 is 5.32 Å². The van der Waals surface area contributed by atoms with Crippen LogP contribution < -0.4 is 5.32 Å². The molecule has 0 radical (unpaired) electrons. The van der Waals surface area contributed by atoms with Gasteiger partial charge in [-0.2, -0.15) is 11.3 Å². The number of hydrogen-bond acceptors (Lipinski definition) is 5. The highest BCUT2D eigenvalue weighted by atomic mass is 35.5. The topological polar surface area (TPSA) is 28.2 Å². The van der Waals surface area contributed by atoms with Crippen molar-refractivity contribution >= 4 is 35.1 Å². The average molecular weight is 316 g/mol. The summed E-state index contributed by atoms with van der Waals surface area (Å²) < 4.78 is 0. The maximum Gasteiger partial charge on any atom is 0.124 e. The molecule has 0 spiro atoms. The van der Waals surface area contributed by atoms with Crippen molar-refractivity contribution in [3.05, 3.63) is 27.9 Å². The summed E-state index contributed by atoms with van der Waals surface area (Å²) in [6.07, 6.45) is 1.24. The molecule has 1 saturated heterocycles. The monoisotopic (exact) mass is 315 g/mol. The summed E-state index contributed by atoms with van der Waals surface area (Å²) in [5.41, 5.74) is 2.47. The minimum Gasteiger partial charge on any atom is -0.315 e. The fraction of sp³-hybridized carbons (Fsp3) is 0.462. The lowest BCUT2D eigenvalue weighted by molar-refractivity contribution is 0.281. The quantitative estimate of drug-likeness (QED) is 0.943. The van der Waals surface area contributed by atoms with Gasteiger partial charge in [-0.15, -0.1) is 23.7 Å². The molecule has 3 nitrogen and oxygen atoms in total. The molecule has 2 aromatic rings. The molecule has 1 aliphatic heterocycles. The molecule has 0 amide bonds. The zero-order valence-corrected chi connectivity index (χ0v) is 13.1. The molecule has 6 heteroatoms. The van der Waals surface area contributed by atoms with Crippen molar-refractivity contribution in [3.63, 3.8) is 0 Å². The van der Waals surface area contributed by atoms with E-state index in [0.29, 0.717) is 0 Å². The molecule has 1 aliphatic rings. The van der Waals surface area contributed by atoms with Crippen molar-refractivity contribution in [3.8, 4) is 10.6 Å². The average Bonchev–Trinajstić information content (AvgIpc) is 2.98. The van der Waals surface area contributed by atoms with Crippen LogP contribution in [0.3, 0.4) is 0 Å². The molecule has 3 heterocycles. The first-order valence-electron chi connectivity index (χ1n) is 6.32. The van der Waals surface area contributed by atoms with Gasteiger partial charge in [0.05, 0.1) is 5.69 Å². The zero-order valence-electron chi connectivity index (χ0n) is 10.7. The molecule has 2 aromatic heterocycles. The van der Waals surface area contributed by atoms with Crippen LogP contribution in [-0.2, 0) is 6.54 Å². The maximum absolute atomic E-state index is 4.74. The van der Waals surface area contributed by atoms with Gasteiger partial charge in [0.2, 0.25) is 0 Å². The first-order valence-corrected chi connectivity index (χ1v) is 8.14. The van der Waals surface area contributed by atoms with Crippen LogP contribution >= 0.6 is 35.1 Å². The number of rotatable bonds is 3. The Labute approximate surface area is 128 Å². The molecule has 0 bridgehead atoms. The summed E-state index contributed by atoms with van der Waals surface area (Å²) >= 11 is 3.48. The lowest BCUT2D eigenvalue weighted by atomic mass is 10.3. The fourth-order valence-electron chi connectivity index (χ4n) is 2.19. The zero-order chi connectivity index (χ0) is 12.2. The van der Waals surface area contributed by atoms with Gasteiger partial charge in [0.1, 0.15) is 5.01 Å². The second kappa shape index (κ2) is 7.36. The van der Waals surface area contributed by atoms with Crippen LogP contribution in [0.25, 0.3) is 10.6 Å². The van der Waals surface area contributed by atoms with E-state index in [9.17, 15) is 0 Å². The number of nitrogens with one attached hydrogen (secondary N) is 1. The second-order valence-electron chi connectivity index (χ2n) is 4.54. The van der Waals surface area contributed by atoms with Gasteiger partial charge in [-0.05, 0) is 31.0 Å². The number of nitrogens with zero attached hydrogens (tertiary/aromatic N) is 2. The largest absolute Gasteiger partial charge is 0.315 e. The van der Waals surface area contributed by atoms with Gasteiger partial charge in [0, 0.05) is 36.0 Å². The Bertz CT molecular complexity index is 476. The third-order valence-corrected chi connectivity index (χ3v) is 4.76. The van der Waals surface area contributed by atoms with Crippen molar-refractivity contribution in [2.45, 2.75) is 13.0 Å². The molecule has 1 fully saturated rings. The molecular formula is C13H18ClN3S2. The lowest BCUT2D eigenvalue weighted by Gasteiger charge is -2.17. The number of hydrogen-bond donors (Lipinski definition) is 1. The van der Waals surface area contributed by atoms with Gasteiger partial charge in [-0.3, -0.25) is 4.90 Å². The van der Waals surface area contributed by atoms with E-state index in [4.69, 9.17) is 4.98 Å². The summed E-state index contributed by atoms with van der Waals surface area (Å²) in [6.45, 7) is 5.54. The highest BCUT2D eigenvalue weighted by molar-refractivity contribution is 7.14. The lowest BCUT2D eigenvalue weighted by Crippen LogP contribution is -2.27. The van der Waals surface area contributed by atoms with E-state index in [0.717, 1.165) is 31.2 Å². The third-order valence-electron chi connectivity index (χ3n) is 3.14. The molecule has 0 aromatic carbocycles. The molecule has 0 saturated carbocycles. The third kappa shape index (κ3) is 4.00. The van der Waals surface area contributed by atoms with Gasteiger partial charge in [-0.25, -0.2) is 4.98 Å². The first kappa shape index (κ1) is 14.9. The van der Waals surface area contributed by atoms with Crippen molar-refractivity contribution in [2.24, 2.45) is 0 Å². The van der Waals surface area contributed by atoms with Crippen LogP contribution in [0, 0.1) is 0 Å². The highest BCUT2D eigenvalue weighted by Gasteiger charge is 2.11. The van der Waals surface area contributed by atoms with Crippen molar-refractivity contribution in [1.82, 2.24) is 15.2 Å². The highest BCUT2D eigenvalue weighted by Crippen LogP contribution is 2.26. The van der Waals surface area contributed by atoms with E-state index < -0.39 is 0 Å². The van der Waals surface area contributed by atoms with Crippen LogP contribution in [0.2, 0.25) is 0 Å². The van der Waals surface area contributed by atoms with Gasteiger partial charge in [-0.1, -0.05) is 0 Å². The Morgan fingerprint density at radius 1 is 1.26 bits per heavy atom. The molecule has 0 atom stereocenters. The molecule has 19 heavy (non-hydrogen) atoms. The number of thiazole rings is 1. The maximum atomic E-state index is 4.74. The molecule has 0 unspecified atom stereocenters. The van der Waals surface area contributed by atoms with Crippen molar-refractivity contribution < 1.29 is 0 Å². The normalized spacial score (nSPS) is 16.8. The van der Waals surface area contributed by atoms with E-state index in [2.05, 4.69) is 32.4 Å². The molecule has 3 rings (SSSR count). The minimum atomic E-state index is 0. The number of aromatic nitrogens is 1. The summed E-state index contributed by atoms with van der Waals surface area (Å²) in [7, 11) is 0. The second-order valence-corrected chi connectivity index (χ2v) is 6.17. The summed E-state index contributed by atoms with van der Waals surface area (Å²) in [4.78, 5) is 7.23. The van der Waals surface area contributed by atoms with Crippen molar-refractivity contribution in [1.29, 1.82) is 0 Å². The summed E-state index contributed by atoms with van der Waals surface area (Å²) in [5.74, 6) is 0. The Kier molecular flexibility index (Phi) is 5.78. The minimum absolute atomic E-state index is 0. The molecule has 1 N–H and O–H groups in total. The number of halogens is 1. The van der Waals surface area contributed by atoms with Crippen LogP contribution in [-0.4, -0.2) is 36.1 Å². The van der Waals surface area contributed by atoms with E-state index in [-0.39, 0.29) is 12.4 Å². The fourth-order valence-corrected chi connectivity index (χ4v) is 3.71. The predicted octanol–water partition coefficient (Wildman–Crippen LogP) is 3.09. The molecular weight excluding hydrogens is 298 g/mol. The SMILES string of the molecule is Cl.c1cc(-c2nc(CN3CCCNCC3)cs2)cs1. The summed E-state index contributed by atoms with van der Waals surface area (Å²) in [5, 5.41) is 11.1. The van der Waals surface area contributed by atoms with Crippen LogP contribution in [0.1, 0.15) is 12.1 Å². The Morgan fingerprint density at radius 3 is 3.05 bits per heavy atom. The van der Waals surface area contributed by atoms with Gasteiger partial charge in [0.25, 0.3) is 0 Å². The van der Waals surface area contributed by atoms with Crippen molar-refractivity contribution in [2.75, 3.05) is 26.2 Å². The summed E-state index contributed by atoms with van der Waals surface area (Å²) in [6, 6.07) is 2.14.